The number of benzene rings is 1. The molecule has 0 aliphatic rings. The number of aryl methyl sites for hydroxylation is 1. The fraction of sp³-hybridized carbons (Fsp3) is 0.368. The number of hydrogen-bond acceptors (Lipinski definition) is 4. The van der Waals surface area contributed by atoms with Crippen LogP contribution in [0.4, 0.5) is 0 Å². The molecule has 0 unspecified atom stereocenters. The van der Waals surface area contributed by atoms with E-state index in [1.807, 2.05) is 20.8 Å². The summed E-state index contributed by atoms with van der Waals surface area (Å²) in [5, 5.41) is 5.85. The van der Waals surface area contributed by atoms with E-state index in [0.29, 0.717) is 22.1 Å². The van der Waals surface area contributed by atoms with Gasteiger partial charge in [0.25, 0.3) is 17.4 Å². The molecule has 7 nitrogen and oxygen atoms in total. The first-order valence-corrected chi connectivity index (χ1v) is 8.91. The Morgan fingerprint density at radius 2 is 1.63 bits per heavy atom. The fourth-order valence-electron chi connectivity index (χ4n) is 2.35. The Kier molecular flexibility index (Phi) is 6.38. The summed E-state index contributed by atoms with van der Waals surface area (Å²) in [7, 11) is 0. The second-order valence-corrected chi connectivity index (χ2v) is 7.58. The molecule has 0 aliphatic heterocycles. The van der Waals surface area contributed by atoms with Crippen molar-refractivity contribution < 1.29 is 9.59 Å². The highest BCUT2D eigenvalue weighted by Crippen LogP contribution is 2.17. The van der Waals surface area contributed by atoms with E-state index in [4.69, 9.17) is 11.6 Å². The van der Waals surface area contributed by atoms with Crippen LogP contribution in [0.25, 0.3) is 0 Å². The number of nitrogens with zero attached hydrogens (tertiary/aromatic N) is 1. The number of rotatable bonds is 5. The van der Waals surface area contributed by atoms with Crippen molar-refractivity contribution in [2.75, 3.05) is 13.1 Å². The Balaban J connectivity index is 1.93. The SMILES string of the molecule is Cc1nc(C(C)(C)C)[nH]c(=O)c1C(=O)NCCNC(=O)c1ccc(Cl)cc1. The number of aromatic amines is 1. The van der Waals surface area contributed by atoms with Gasteiger partial charge < -0.3 is 15.6 Å². The number of carbonyl (C=O) groups is 2. The molecule has 0 atom stereocenters. The number of amides is 2. The zero-order valence-corrected chi connectivity index (χ0v) is 16.5. The second-order valence-electron chi connectivity index (χ2n) is 7.14. The van der Waals surface area contributed by atoms with Crippen LogP contribution in [-0.4, -0.2) is 34.9 Å². The molecule has 0 saturated heterocycles. The van der Waals surface area contributed by atoms with Gasteiger partial charge in [0.05, 0.1) is 5.69 Å². The minimum atomic E-state index is -0.526. The highest BCUT2D eigenvalue weighted by Gasteiger charge is 2.21. The van der Waals surface area contributed by atoms with Crippen LogP contribution in [0.3, 0.4) is 0 Å². The van der Waals surface area contributed by atoms with Gasteiger partial charge in [-0.3, -0.25) is 14.4 Å². The first-order chi connectivity index (χ1) is 12.6. The van der Waals surface area contributed by atoms with Gasteiger partial charge in [-0.05, 0) is 31.2 Å². The third-order valence-electron chi connectivity index (χ3n) is 3.84. The average Bonchev–Trinajstić information content (AvgIpc) is 2.57. The highest BCUT2D eigenvalue weighted by molar-refractivity contribution is 6.30. The number of hydrogen-bond donors (Lipinski definition) is 3. The van der Waals surface area contributed by atoms with Gasteiger partial charge in [0.15, 0.2) is 0 Å². The summed E-state index contributed by atoms with van der Waals surface area (Å²) < 4.78 is 0. The van der Waals surface area contributed by atoms with E-state index in [1.165, 1.54) is 0 Å². The molecule has 0 radical (unpaired) electrons. The van der Waals surface area contributed by atoms with Crippen LogP contribution in [-0.2, 0) is 5.41 Å². The summed E-state index contributed by atoms with van der Waals surface area (Å²) in [6.45, 7) is 7.80. The molecule has 0 bridgehead atoms. The quantitative estimate of drug-likeness (QED) is 0.680. The van der Waals surface area contributed by atoms with Crippen LogP contribution >= 0.6 is 11.6 Å². The van der Waals surface area contributed by atoms with Crippen molar-refractivity contribution in [2.24, 2.45) is 0 Å². The van der Waals surface area contributed by atoms with E-state index < -0.39 is 11.5 Å². The van der Waals surface area contributed by atoms with Crippen molar-refractivity contribution in [3.63, 3.8) is 0 Å². The lowest BCUT2D eigenvalue weighted by Crippen LogP contribution is -2.38. The molecule has 1 aromatic carbocycles. The molecule has 8 heteroatoms. The minimum Gasteiger partial charge on any atom is -0.350 e. The maximum atomic E-state index is 12.3. The Hall–Kier alpha value is -2.67. The van der Waals surface area contributed by atoms with Crippen LogP contribution in [0, 0.1) is 6.92 Å². The lowest BCUT2D eigenvalue weighted by molar-refractivity contribution is 0.0926. The normalized spacial score (nSPS) is 11.1. The monoisotopic (exact) mass is 390 g/mol. The second kappa shape index (κ2) is 8.35. The van der Waals surface area contributed by atoms with Gasteiger partial charge in [-0.15, -0.1) is 0 Å². The lowest BCUT2D eigenvalue weighted by Gasteiger charge is -2.18. The van der Waals surface area contributed by atoms with Crippen LogP contribution in [0.5, 0.6) is 0 Å². The van der Waals surface area contributed by atoms with Crippen molar-refractivity contribution >= 4 is 23.4 Å². The zero-order valence-electron chi connectivity index (χ0n) is 15.8. The molecule has 1 aromatic heterocycles. The standard InChI is InChI=1S/C19H23ClN4O3/c1-11-14(17(27)24-18(23-11)19(2,3)4)16(26)22-10-9-21-15(25)12-5-7-13(20)8-6-12/h5-8H,9-10H2,1-4H3,(H,21,25)(H,22,26)(H,23,24,27). The Labute approximate surface area is 162 Å². The van der Waals surface area contributed by atoms with E-state index in [1.54, 1.807) is 31.2 Å². The van der Waals surface area contributed by atoms with Gasteiger partial charge >= 0.3 is 0 Å². The predicted molar refractivity (Wildman–Crippen MR) is 104 cm³/mol. The van der Waals surface area contributed by atoms with Crippen molar-refractivity contribution in [2.45, 2.75) is 33.1 Å². The molecule has 2 amide bonds. The minimum absolute atomic E-state index is 0.0213. The molecule has 0 aliphatic carbocycles. The summed E-state index contributed by atoms with van der Waals surface area (Å²) in [5.41, 5.74) is 0.0127. The fourth-order valence-corrected chi connectivity index (χ4v) is 2.48. The predicted octanol–water partition coefficient (Wildman–Crippen LogP) is 2.19. The third-order valence-corrected chi connectivity index (χ3v) is 4.09. The molecule has 3 N–H and O–H groups in total. The van der Waals surface area contributed by atoms with Crippen LogP contribution < -0.4 is 16.2 Å². The van der Waals surface area contributed by atoms with Gasteiger partial charge in [0.2, 0.25) is 0 Å². The van der Waals surface area contributed by atoms with Crippen molar-refractivity contribution in [1.29, 1.82) is 0 Å². The van der Waals surface area contributed by atoms with Gasteiger partial charge in [-0.25, -0.2) is 4.98 Å². The Morgan fingerprint density at radius 3 is 2.15 bits per heavy atom. The summed E-state index contributed by atoms with van der Waals surface area (Å²) in [5.74, 6) is -0.273. The third kappa shape index (κ3) is 5.40. The summed E-state index contributed by atoms with van der Waals surface area (Å²) in [6, 6.07) is 6.48. The Bertz CT molecular complexity index is 899. The molecule has 144 valence electrons. The lowest BCUT2D eigenvalue weighted by atomic mass is 9.95. The van der Waals surface area contributed by atoms with Crippen LogP contribution in [0.15, 0.2) is 29.1 Å². The highest BCUT2D eigenvalue weighted by atomic mass is 35.5. The van der Waals surface area contributed by atoms with Crippen LogP contribution in [0.1, 0.15) is 53.0 Å². The number of carbonyl (C=O) groups excluding carboxylic acids is 2. The largest absolute Gasteiger partial charge is 0.350 e. The Morgan fingerprint density at radius 1 is 1.07 bits per heavy atom. The van der Waals surface area contributed by atoms with Gasteiger partial charge in [0, 0.05) is 29.1 Å². The van der Waals surface area contributed by atoms with Gasteiger partial charge in [-0.2, -0.15) is 0 Å². The van der Waals surface area contributed by atoms with Gasteiger partial charge in [0.1, 0.15) is 11.4 Å². The summed E-state index contributed by atoms with van der Waals surface area (Å²) in [4.78, 5) is 43.5. The van der Waals surface area contributed by atoms with Crippen molar-refractivity contribution in [3.8, 4) is 0 Å². The first kappa shape index (κ1) is 20.6. The smallest absolute Gasteiger partial charge is 0.264 e. The molecule has 0 spiro atoms. The number of nitrogens with one attached hydrogen (secondary N) is 3. The topological polar surface area (TPSA) is 104 Å². The number of halogens is 1. The van der Waals surface area contributed by atoms with E-state index >= 15 is 0 Å². The van der Waals surface area contributed by atoms with Crippen molar-refractivity contribution in [3.05, 3.63) is 62.3 Å². The van der Waals surface area contributed by atoms with E-state index in [2.05, 4.69) is 20.6 Å². The molecule has 27 heavy (non-hydrogen) atoms. The van der Waals surface area contributed by atoms with Crippen LogP contribution in [0.2, 0.25) is 5.02 Å². The summed E-state index contributed by atoms with van der Waals surface area (Å²) in [6.07, 6.45) is 0. The van der Waals surface area contributed by atoms with E-state index in [9.17, 15) is 14.4 Å². The molecule has 2 rings (SSSR count). The van der Waals surface area contributed by atoms with E-state index in [-0.39, 0.29) is 30.0 Å². The number of H-pyrrole nitrogens is 1. The zero-order chi connectivity index (χ0) is 20.2. The molecular formula is C19H23ClN4O3. The molecule has 0 saturated carbocycles. The van der Waals surface area contributed by atoms with E-state index in [0.717, 1.165) is 0 Å². The number of aromatic nitrogens is 2. The van der Waals surface area contributed by atoms with Crippen molar-refractivity contribution in [1.82, 2.24) is 20.6 Å². The van der Waals surface area contributed by atoms with Gasteiger partial charge in [-0.1, -0.05) is 32.4 Å². The molecular weight excluding hydrogens is 368 g/mol. The average molecular weight is 391 g/mol. The molecule has 1 heterocycles. The first-order valence-electron chi connectivity index (χ1n) is 8.53. The molecule has 2 aromatic rings. The summed E-state index contributed by atoms with van der Waals surface area (Å²) >= 11 is 5.78. The molecule has 0 fully saturated rings. The maximum Gasteiger partial charge on any atom is 0.264 e. The maximum absolute atomic E-state index is 12.3.